The Morgan fingerprint density at radius 1 is 1.20 bits per heavy atom. The molecule has 134 valence electrons. The third kappa shape index (κ3) is 5.72. The summed E-state index contributed by atoms with van der Waals surface area (Å²) in [5.74, 6) is 0.146. The van der Waals surface area contributed by atoms with Crippen molar-refractivity contribution in [3.63, 3.8) is 0 Å². The van der Waals surface area contributed by atoms with E-state index in [2.05, 4.69) is 22.2 Å². The van der Waals surface area contributed by atoms with Gasteiger partial charge in [-0.25, -0.2) is 14.8 Å². The summed E-state index contributed by atoms with van der Waals surface area (Å²) in [5, 5.41) is 12.2. The lowest BCUT2D eigenvalue weighted by molar-refractivity contribution is 0.0690. The van der Waals surface area contributed by atoms with E-state index in [4.69, 9.17) is 14.6 Å². The molecule has 0 aliphatic rings. The lowest BCUT2D eigenvalue weighted by Crippen LogP contribution is -2.14. The first-order valence-electron chi connectivity index (χ1n) is 8.25. The molecule has 0 amide bonds. The molecule has 0 spiro atoms. The quantitative estimate of drug-likeness (QED) is 0.638. The number of ether oxygens (including phenoxy) is 2. The summed E-state index contributed by atoms with van der Waals surface area (Å²) >= 11 is 0. The van der Waals surface area contributed by atoms with E-state index in [0.29, 0.717) is 11.5 Å². The third-order valence-corrected chi connectivity index (χ3v) is 3.58. The summed E-state index contributed by atoms with van der Waals surface area (Å²) in [6.07, 6.45) is 6.02. The molecule has 1 aromatic carbocycles. The number of methoxy groups -OCH3 is 1. The minimum absolute atomic E-state index is 0.135. The van der Waals surface area contributed by atoms with E-state index >= 15 is 0 Å². The highest BCUT2D eigenvalue weighted by Crippen LogP contribution is 2.31. The highest BCUT2D eigenvalue weighted by Gasteiger charge is 2.10. The van der Waals surface area contributed by atoms with Crippen molar-refractivity contribution >= 4 is 5.97 Å². The van der Waals surface area contributed by atoms with Gasteiger partial charge in [0.15, 0.2) is 17.2 Å². The van der Waals surface area contributed by atoms with E-state index in [1.807, 2.05) is 12.1 Å². The standard InChI is InChI=1S/C18H23N3O4/c1-3-4-5-8-19-10-13-6-7-15(16(9-13)24-2)25-17-12-20-14(11-21-17)18(22)23/h6-7,9,11-12,19H,3-5,8,10H2,1-2H3,(H,22,23). The number of hydrogen-bond acceptors (Lipinski definition) is 6. The van der Waals surface area contributed by atoms with Crippen molar-refractivity contribution in [2.75, 3.05) is 13.7 Å². The average molecular weight is 345 g/mol. The Balaban J connectivity index is 1.99. The van der Waals surface area contributed by atoms with Gasteiger partial charge in [0, 0.05) is 6.54 Å². The average Bonchev–Trinajstić information content (AvgIpc) is 2.63. The molecule has 2 rings (SSSR count). The summed E-state index contributed by atoms with van der Waals surface area (Å²) in [6, 6.07) is 5.65. The zero-order valence-electron chi connectivity index (χ0n) is 14.5. The number of carboxylic acids is 1. The van der Waals surface area contributed by atoms with Crippen LogP contribution in [-0.2, 0) is 6.54 Å². The van der Waals surface area contributed by atoms with Crippen LogP contribution in [0.25, 0.3) is 0 Å². The van der Waals surface area contributed by atoms with Gasteiger partial charge in [0.25, 0.3) is 0 Å². The number of nitrogens with one attached hydrogen (secondary N) is 1. The van der Waals surface area contributed by atoms with E-state index in [1.54, 1.807) is 13.2 Å². The molecule has 0 saturated carbocycles. The number of carbonyl (C=O) groups is 1. The molecule has 7 nitrogen and oxygen atoms in total. The number of rotatable bonds is 10. The van der Waals surface area contributed by atoms with Gasteiger partial charge >= 0.3 is 5.97 Å². The van der Waals surface area contributed by atoms with E-state index in [0.717, 1.165) is 24.8 Å². The van der Waals surface area contributed by atoms with Crippen LogP contribution in [0.3, 0.4) is 0 Å². The van der Waals surface area contributed by atoms with E-state index in [1.165, 1.54) is 25.5 Å². The van der Waals surface area contributed by atoms with E-state index < -0.39 is 5.97 Å². The Hall–Kier alpha value is -2.67. The molecule has 1 heterocycles. The highest BCUT2D eigenvalue weighted by molar-refractivity contribution is 5.84. The summed E-state index contributed by atoms with van der Waals surface area (Å²) in [4.78, 5) is 18.5. The van der Waals surface area contributed by atoms with Crippen molar-refractivity contribution in [2.45, 2.75) is 32.7 Å². The van der Waals surface area contributed by atoms with Crippen molar-refractivity contribution in [3.05, 3.63) is 41.9 Å². The largest absolute Gasteiger partial charge is 0.493 e. The molecule has 0 radical (unpaired) electrons. The van der Waals surface area contributed by atoms with Gasteiger partial charge in [-0.2, -0.15) is 0 Å². The molecular weight excluding hydrogens is 322 g/mol. The van der Waals surface area contributed by atoms with Gasteiger partial charge in [0.05, 0.1) is 19.5 Å². The maximum Gasteiger partial charge on any atom is 0.356 e. The van der Waals surface area contributed by atoms with Crippen molar-refractivity contribution in [2.24, 2.45) is 0 Å². The molecule has 0 bridgehead atoms. The number of hydrogen-bond donors (Lipinski definition) is 2. The van der Waals surface area contributed by atoms with Crippen LogP contribution in [0.4, 0.5) is 0 Å². The summed E-state index contributed by atoms with van der Waals surface area (Å²) in [7, 11) is 1.57. The number of carboxylic acid groups (broad SMARTS) is 1. The zero-order chi connectivity index (χ0) is 18.1. The van der Waals surface area contributed by atoms with E-state index in [-0.39, 0.29) is 11.6 Å². The van der Waals surface area contributed by atoms with Gasteiger partial charge in [-0.1, -0.05) is 25.8 Å². The Morgan fingerprint density at radius 2 is 2.04 bits per heavy atom. The van der Waals surface area contributed by atoms with Gasteiger partial charge in [0.1, 0.15) is 0 Å². The van der Waals surface area contributed by atoms with Crippen molar-refractivity contribution in [3.8, 4) is 17.4 Å². The fraction of sp³-hybridized carbons (Fsp3) is 0.389. The summed E-state index contributed by atoms with van der Waals surface area (Å²) in [5.41, 5.74) is 0.955. The number of unbranched alkanes of at least 4 members (excludes halogenated alkanes) is 2. The molecule has 0 aliphatic carbocycles. The fourth-order valence-corrected chi connectivity index (χ4v) is 2.23. The molecule has 0 saturated heterocycles. The van der Waals surface area contributed by atoms with Gasteiger partial charge in [-0.05, 0) is 30.7 Å². The second kappa shape index (κ2) is 9.58. The Kier molecular flexibility index (Phi) is 7.16. The Morgan fingerprint density at radius 3 is 2.68 bits per heavy atom. The fourth-order valence-electron chi connectivity index (χ4n) is 2.23. The van der Waals surface area contributed by atoms with Crippen LogP contribution in [0.2, 0.25) is 0 Å². The first kappa shape index (κ1) is 18.7. The van der Waals surface area contributed by atoms with Crippen molar-refractivity contribution < 1.29 is 19.4 Å². The Labute approximate surface area is 147 Å². The molecule has 0 aliphatic heterocycles. The maximum absolute atomic E-state index is 10.8. The highest BCUT2D eigenvalue weighted by atomic mass is 16.5. The lowest BCUT2D eigenvalue weighted by atomic mass is 10.2. The van der Waals surface area contributed by atoms with Crippen LogP contribution < -0.4 is 14.8 Å². The Bertz CT molecular complexity index is 689. The normalized spacial score (nSPS) is 10.5. The molecule has 1 aromatic heterocycles. The SMILES string of the molecule is CCCCCNCc1ccc(Oc2cnc(C(=O)O)cn2)c(OC)c1. The molecule has 0 atom stereocenters. The van der Waals surface area contributed by atoms with Gasteiger partial charge in [-0.3, -0.25) is 0 Å². The molecular formula is C18H23N3O4. The molecule has 0 unspecified atom stereocenters. The van der Waals surface area contributed by atoms with Crippen LogP contribution in [0.15, 0.2) is 30.6 Å². The number of benzene rings is 1. The minimum atomic E-state index is -1.13. The lowest BCUT2D eigenvalue weighted by Gasteiger charge is -2.12. The van der Waals surface area contributed by atoms with Gasteiger partial charge < -0.3 is 19.9 Å². The number of nitrogens with zero attached hydrogens (tertiary/aromatic N) is 2. The third-order valence-electron chi connectivity index (χ3n) is 3.58. The minimum Gasteiger partial charge on any atom is -0.493 e. The zero-order valence-corrected chi connectivity index (χ0v) is 14.5. The van der Waals surface area contributed by atoms with Crippen LogP contribution >= 0.6 is 0 Å². The molecule has 7 heteroatoms. The van der Waals surface area contributed by atoms with Crippen molar-refractivity contribution in [1.82, 2.24) is 15.3 Å². The van der Waals surface area contributed by atoms with Crippen LogP contribution in [0.1, 0.15) is 42.2 Å². The number of aromatic nitrogens is 2. The smallest absolute Gasteiger partial charge is 0.356 e. The predicted molar refractivity (Wildman–Crippen MR) is 93.3 cm³/mol. The first-order valence-corrected chi connectivity index (χ1v) is 8.25. The van der Waals surface area contributed by atoms with Gasteiger partial charge in [-0.15, -0.1) is 0 Å². The number of aromatic carboxylic acids is 1. The van der Waals surface area contributed by atoms with Crippen LogP contribution in [0, 0.1) is 0 Å². The molecule has 2 N–H and O–H groups in total. The van der Waals surface area contributed by atoms with Crippen LogP contribution in [-0.4, -0.2) is 34.7 Å². The first-order chi connectivity index (χ1) is 12.1. The molecule has 0 fully saturated rings. The second-order valence-electron chi connectivity index (χ2n) is 5.52. The monoisotopic (exact) mass is 345 g/mol. The molecule has 25 heavy (non-hydrogen) atoms. The van der Waals surface area contributed by atoms with Crippen LogP contribution in [0.5, 0.6) is 17.4 Å². The maximum atomic E-state index is 10.8. The molecule has 2 aromatic rings. The second-order valence-corrected chi connectivity index (χ2v) is 5.52. The van der Waals surface area contributed by atoms with Crippen molar-refractivity contribution in [1.29, 1.82) is 0 Å². The van der Waals surface area contributed by atoms with E-state index in [9.17, 15) is 4.79 Å². The van der Waals surface area contributed by atoms with Gasteiger partial charge in [0.2, 0.25) is 5.88 Å². The predicted octanol–water partition coefficient (Wildman–Crippen LogP) is 3.26. The topological polar surface area (TPSA) is 93.6 Å². The summed E-state index contributed by atoms with van der Waals surface area (Å²) in [6.45, 7) is 3.93. The summed E-state index contributed by atoms with van der Waals surface area (Å²) < 4.78 is 11.0.